The summed E-state index contributed by atoms with van der Waals surface area (Å²) in [4.78, 5) is 4.20. The number of halogens is 1. The molecule has 3 heteroatoms. The number of ether oxygens (including phenoxy) is 1. The van der Waals surface area contributed by atoms with Gasteiger partial charge in [0.2, 0.25) is 0 Å². The molecule has 1 atom stereocenters. The molecule has 9 heavy (non-hydrogen) atoms. The first-order valence-corrected chi connectivity index (χ1v) is 3.45. The maximum Gasteiger partial charge on any atom is 0.180 e. The highest BCUT2D eigenvalue weighted by Gasteiger charge is 2.28. The average molecular weight is 148 g/mol. The first kappa shape index (κ1) is 6.87. The van der Waals surface area contributed by atoms with Gasteiger partial charge in [-0.15, -0.1) is 11.6 Å². The van der Waals surface area contributed by atoms with Crippen molar-refractivity contribution < 1.29 is 4.74 Å². The second kappa shape index (κ2) is 2.18. The molecule has 1 rings (SSSR count). The van der Waals surface area contributed by atoms with Crippen molar-refractivity contribution in [2.24, 2.45) is 4.99 Å². The molecule has 0 radical (unpaired) electrons. The van der Waals surface area contributed by atoms with Gasteiger partial charge in [0, 0.05) is 6.92 Å². The summed E-state index contributed by atoms with van der Waals surface area (Å²) in [7, 11) is 0. The van der Waals surface area contributed by atoms with E-state index in [1.165, 1.54) is 0 Å². The van der Waals surface area contributed by atoms with E-state index in [-0.39, 0.29) is 5.54 Å². The minimum absolute atomic E-state index is 0.161. The minimum atomic E-state index is -0.161. The molecule has 0 amide bonds. The van der Waals surface area contributed by atoms with Gasteiger partial charge in [-0.1, -0.05) is 0 Å². The summed E-state index contributed by atoms with van der Waals surface area (Å²) in [5, 5.41) is 0. The first-order valence-electron chi connectivity index (χ1n) is 2.91. The zero-order valence-corrected chi connectivity index (χ0v) is 6.40. The van der Waals surface area contributed by atoms with Crippen molar-refractivity contribution in [1.82, 2.24) is 0 Å². The Balaban J connectivity index is 2.64. The number of aliphatic imine (C=N–C) groups is 1. The molecule has 1 heterocycles. The number of hydrogen-bond donors (Lipinski definition) is 0. The summed E-state index contributed by atoms with van der Waals surface area (Å²) in [6.07, 6.45) is 0. The van der Waals surface area contributed by atoms with Crippen LogP contribution in [-0.2, 0) is 4.74 Å². The molecule has 1 aliphatic rings. The fourth-order valence-corrected chi connectivity index (χ4v) is 0.910. The van der Waals surface area contributed by atoms with Crippen LogP contribution in [-0.4, -0.2) is 23.9 Å². The molecule has 1 aliphatic heterocycles. The van der Waals surface area contributed by atoms with E-state index in [4.69, 9.17) is 16.3 Å². The van der Waals surface area contributed by atoms with Crippen LogP contribution in [0, 0.1) is 0 Å². The summed E-state index contributed by atoms with van der Waals surface area (Å²) < 4.78 is 5.12. The van der Waals surface area contributed by atoms with Crippen LogP contribution >= 0.6 is 11.6 Å². The Morgan fingerprint density at radius 3 is 2.78 bits per heavy atom. The lowest BCUT2D eigenvalue weighted by Gasteiger charge is -2.12. The quantitative estimate of drug-likeness (QED) is 0.515. The standard InChI is InChI=1S/C6H10ClNO/c1-5-8-6(2,3-7)4-9-5/h3-4H2,1-2H3. The van der Waals surface area contributed by atoms with Gasteiger partial charge in [0.1, 0.15) is 12.1 Å². The zero-order chi connectivity index (χ0) is 6.91. The van der Waals surface area contributed by atoms with Crippen LogP contribution in [0.4, 0.5) is 0 Å². The van der Waals surface area contributed by atoms with Crippen LogP contribution in [0.5, 0.6) is 0 Å². The molecule has 0 aromatic heterocycles. The van der Waals surface area contributed by atoms with Crippen molar-refractivity contribution in [3.05, 3.63) is 0 Å². The summed E-state index contributed by atoms with van der Waals surface area (Å²) in [6, 6.07) is 0. The maximum absolute atomic E-state index is 5.63. The van der Waals surface area contributed by atoms with Crippen molar-refractivity contribution >= 4 is 17.5 Å². The van der Waals surface area contributed by atoms with Gasteiger partial charge in [-0.05, 0) is 6.92 Å². The van der Waals surface area contributed by atoms with Crippen LogP contribution in [0.15, 0.2) is 4.99 Å². The molecule has 0 fully saturated rings. The minimum Gasteiger partial charge on any atom is -0.479 e. The third kappa shape index (κ3) is 1.36. The molecule has 0 aromatic rings. The topological polar surface area (TPSA) is 21.6 Å². The predicted molar refractivity (Wildman–Crippen MR) is 38.2 cm³/mol. The van der Waals surface area contributed by atoms with Gasteiger partial charge in [0.25, 0.3) is 0 Å². The Labute approximate surface area is 59.9 Å². The third-order valence-corrected chi connectivity index (χ3v) is 1.88. The smallest absolute Gasteiger partial charge is 0.180 e. The van der Waals surface area contributed by atoms with Crippen molar-refractivity contribution in [3.8, 4) is 0 Å². The van der Waals surface area contributed by atoms with Gasteiger partial charge in [0.05, 0.1) is 5.88 Å². The first-order chi connectivity index (χ1) is 4.16. The number of nitrogens with zero attached hydrogens (tertiary/aromatic N) is 1. The van der Waals surface area contributed by atoms with Gasteiger partial charge in [-0.2, -0.15) is 0 Å². The largest absolute Gasteiger partial charge is 0.479 e. The van der Waals surface area contributed by atoms with E-state index >= 15 is 0 Å². The summed E-state index contributed by atoms with van der Waals surface area (Å²) in [5.74, 6) is 1.28. The molecule has 1 unspecified atom stereocenters. The lowest BCUT2D eigenvalue weighted by molar-refractivity contribution is 0.279. The monoisotopic (exact) mass is 147 g/mol. The van der Waals surface area contributed by atoms with E-state index in [0.717, 1.165) is 5.90 Å². The van der Waals surface area contributed by atoms with E-state index in [2.05, 4.69) is 4.99 Å². The Morgan fingerprint density at radius 2 is 2.56 bits per heavy atom. The highest BCUT2D eigenvalue weighted by atomic mass is 35.5. The molecule has 0 bridgehead atoms. The Bertz CT molecular complexity index is 146. The van der Waals surface area contributed by atoms with Gasteiger partial charge in [0.15, 0.2) is 5.90 Å². The average Bonchev–Trinajstić information content (AvgIpc) is 2.13. The normalized spacial score (nSPS) is 33.9. The third-order valence-electron chi connectivity index (χ3n) is 1.31. The lowest BCUT2D eigenvalue weighted by atomic mass is 10.1. The van der Waals surface area contributed by atoms with Gasteiger partial charge in [-0.3, -0.25) is 0 Å². The highest BCUT2D eigenvalue weighted by Crippen LogP contribution is 2.18. The summed E-state index contributed by atoms with van der Waals surface area (Å²) >= 11 is 5.63. The fraction of sp³-hybridized carbons (Fsp3) is 0.833. The van der Waals surface area contributed by atoms with Gasteiger partial charge in [-0.25, -0.2) is 4.99 Å². The Hall–Kier alpha value is -0.240. The van der Waals surface area contributed by atoms with Crippen LogP contribution in [0.2, 0.25) is 0 Å². The highest BCUT2D eigenvalue weighted by molar-refractivity contribution is 6.18. The van der Waals surface area contributed by atoms with E-state index < -0.39 is 0 Å². The summed E-state index contributed by atoms with van der Waals surface area (Å²) in [5.41, 5.74) is -0.161. The molecule has 0 aliphatic carbocycles. The predicted octanol–water partition coefficient (Wildman–Crippen LogP) is 1.43. The van der Waals surface area contributed by atoms with E-state index in [9.17, 15) is 0 Å². The van der Waals surface area contributed by atoms with Crippen LogP contribution in [0.25, 0.3) is 0 Å². The van der Waals surface area contributed by atoms with Crippen molar-refractivity contribution in [2.75, 3.05) is 12.5 Å². The van der Waals surface area contributed by atoms with E-state index in [0.29, 0.717) is 12.5 Å². The van der Waals surface area contributed by atoms with Crippen molar-refractivity contribution in [3.63, 3.8) is 0 Å². The molecule has 0 saturated carbocycles. The van der Waals surface area contributed by atoms with E-state index in [1.54, 1.807) is 0 Å². The molecular formula is C6H10ClNO. The number of alkyl halides is 1. The SMILES string of the molecule is CC1=NC(C)(CCl)CO1. The van der Waals surface area contributed by atoms with Crippen LogP contribution in [0.3, 0.4) is 0 Å². The molecule has 0 saturated heterocycles. The summed E-state index contributed by atoms with van der Waals surface area (Å²) in [6.45, 7) is 4.45. The Kier molecular flexibility index (Phi) is 1.66. The fourth-order valence-electron chi connectivity index (χ4n) is 0.773. The van der Waals surface area contributed by atoms with E-state index in [1.807, 2.05) is 13.8 Å². The maximum atomic E-state index is 5.63. The van der Waals surface area contributed by atoms with Crippen molar-refractivity contribution in [1.29, 1.82) is 0 Å². The number of hydrogen-bond acceptors (Lipinski definition) is 2. The van der Waals surface area contributed by atoms with Crippen molar-refractivity contribution in [2.45, 2.75) is 19.4 Å². The van der Waals surface area contributed by atoms with Gasteiger partial charge >= 0.3 is 0 Å². The molecule has 0 aromatic carbocycles. The molecule has 0 spiro atoms. The lowest BCUT2D eigenvalue weighted by Crippen LogP contribution is -2.25. The molecule has 52 valence electrons. The Morgan fingerprint density at radius 1 is 1.89 bits per heavy atom. The molecule has 2 nitrogen and oxygen atoms in total. The number of rotatable bonds is 1. The van der Waals surface area contributed by atoms with Gasteiger partial charge < -0.3 is 4.74 Å². The second-order valence-electron chi connectivity index (χ2n) is 2.55. The molecule has 0 N–H and O–H groups in total. The second-order valence-corrected chi connectivity index (χ2v) is 2.82. The van der Waals surface area contributed by atoms with Crippen LogP contribution in [0.1, 0.15) is 13.8 Å². The molecular weight excluding hydrogens is 138 g/mol. The van der Waals surface area contributed by atoms with Crippen LogP contribution < -0.4 is 0 Å². The zero-order valence-electron chi connectivity index (χ0n) is 5.65.